The number of ether oxygens (including phenoxy) is 1. The zero-order valence-corrected chi connectivity index (χ0v) is 21.2. The van der Waals surface area contributed by atoms with Crippen molar-refractivity contribution in [1.29, 1.82) is 0 Å². The summed E-state index contributed by atoms with van der Waals surface area (Å²) in [6.07, 6.45) is 0. The Bertz CT molecular complexity index is 1330. The molecule has 0 spiro atoms. The van der Waals surface area contributed by atoms with Gasteiger partial charge in [0, 0.05) is 24.3 Å². The van der Waals surface area contributed by atoms with E-state index < -0.39 is 23.5 Å². The molecule has 2 aliphatic heterocycles. The summed E-state index contributed by atoms with van der Waals surface area (Å²) >= 11 is 0. The third kappa shape index (κ3) is 4.72. The third-order valence-electron chi connectivity index (χ3n) is 6.91. The summed E-state index contributed by atoms with van der Waals surface area (Å²) in [7, 11) is 0. The lowest BCUT2D eigenvalue weighted by atomic mass is 9.91. The number of ketones is 1. The second-order valence-electron chi connectivity index (χ2n) is 9.67. The number of hydrogen-bond donors (Lipinski definition) is 1. The van der Waals surface area contributed by atoms with E-state index in [0.29, 0.717) is 36.0 Å². The van der Waals surface area contributed by atoms with Crippen LogP contribution in [0, 0.1) is 6.92 Å². The molecule has 0 bridgehead atoms. The highest BCUT2D eigenvalue weighted by Crippen LogP contribution is 2.41. The molecule has 2 aliphatic rings. The van der Waals surface area contributed by atoms with Gasteiger partial charge in [0.05, 0.1) is 30.5 Å². The Hall–Kier alpha value is -4.04. The van der Waals surface area contributed by atoms with Crippen molar-refractivity contribution in [2.45, 2.75) is 32.7 Å². The van der Waals surface area contributed by atoms with Crippen LogP contribution in [0.3, 0.4) is 0 Å². The molecule has 3 aromatic rings. The highest BCUT2D eigenvalue weighted by Gasteiger charge is 2.45. The SMILES string of the molecule is Cc1ccc(N2C(=O)C(O)=C(C(=O)c3ccc(C(C)C)cc3)C2c2ccc(N3CCOCC3)cc2)nn1. The van der Waals surface area contributed by atoms with Crippen LogP contribution in [0.2, 0.25) is 0 Å². The number of hydrogen-bond acceptors (Lipinski definition) is 7. The lowest BCUT2D eigenvalue weighted by molar-refractivity contribution is -0.117. The van der Waals surface area contributed by atoms with Crippen LogP contribution in [0.5, 0.6) is 0 Å². The number of carbonyl (C=O) groups excluding carboxylic acids is 2. The van der Waals surface area contributed by atoms with E-state index in [1.165, 1.54) is 4.90 Å². The summed E-state index contributed by atoms with van der Waals surface area (Å²) in [5.74, 6) is -1.06. The van der Waals surface area contributed by atoms with Crippen molar-refractivity contribution in [1.82, 2.24) is 10.2 Å². The van der Waals surface area contributed by atoms with Gasteiger partial charge in [-0.15, -0.1) is 5.10 Å². The van der Waals surface area contributed by atoms with Gasteiger partial charge in [-0.05, 0) is 48.2 Å². The summed E-state index contributed by atoms with van der Waals surface area (Å²) in [5, 5.41) is 19.3. The summed E-state index contributed by atoms with van der Waals surface area (Å²) in [6.45, 7) is 8.89. The lowest BCUT2D eigenvalue weighted by Crippen LogP contribution is -2.36. The Morgan fingerprint density at radius 2 is 1.65 bits per heavy atom. The van der Waals surface area contributed by atoms with Crippen molar-refractivity contribution in [3.8, 4) is 0 Å². The first kappa shape index (κ1) is 24.6. The number of aliphatic hydroxyl groups excluding tert-OH is 1. The summed E-state index contributed by atoms with van der Waals surface area (Å²) < 4.78 is 5.45. The van der Waals surface area contributed by atoms with Gasteiger partial charge in [-0.1, -0.05) is 50.2 Å². The zero-order valence-electron chi connectivity index (χ0n) is 21.2. The van der Waals surface area contributed by atoms with E-state index in [4.69, 9.17) is 4.74 Å². The molecule has 1 fully saturated rings. The molecule has 0 saturated carbocycles. The molecular weight excluding hydrogens is 468 g/mol. The molecule has 1 atom stereocenters. The smallest absolute Gasteiger partial charge is 0.295 e. The van der Waals surface area contributed by atoms with Crippen molar-refractivity contribution in [3.05, 3.63) is 94.4 Å². The van der Waals surface area contributed by atoms with Crippen molar-refractivity contribution in [2.75, 3.05) is 36.1 Å². The number of nitrogens with zero attached hydrogens (tertiary/aromatic N) is 4. The Morgan fingerprint density at radius 1 is 0.973 bits per heavy atom. The van der Waals surface area contributed by atoms with Gasteiger partial charge in [-0.25, -0.2) is 0 Å². The van der Waals surface area contributed by atoms with E-state index in [2.05, 4.69) is 28.9 Å². The monoisotopic (exact) mass is 498 g/mol. The molecule has 1 N–H and O–H groups in total. The average molecular weight is 499 g/mol. The molecule has 2 aromatic carbocycles. The number of benzene rings is 2. The molecule has 1 saturated heterocycles. The van der Waals surface area contributed by atoms with Crippen molar-refractivity contribution < 1.29 is 19.4 Å². The number of aliphatic hydroxyl groups is 1. The van der Waals surface area contributed by atoms with Crippen LogP contribution in [0.25, 0.3) is 0 Å². The molecule has 5 rings (SSSR count). The van der Waals surface area contributed by atoms with Gasteiger partial charge in [0.2, 0.25) is 0 Å². The number of Topliss-reactive ketones (excluding diaryl/α,β-unsaturated/α-hetero) is 1. The number of rotatable bonds is 6. The molecule has 8 heteroatoms. The number of anilines is 2. The third-order valence-corrected chi connectivity index (χ3v) is 6.91. The second kappa shape index (κ2) is 10.1. The maximum atomic E-state index is 13.8. The Balaban J connectivity index is 1.56. The van der Waals surface area contributed by atoms with E-state index in [9.17, 15) is 14.7 Å². The normalized spacial score (nSPS) is 18.2. The van der Waals surface area contributed by atoms with Gasteiger partial charge in [0.25, 0.3) is 5.91 Å². The number of carbonyl (C=O) groups is 2. The number of aryl methyl sites for hydroxylation is 1. The highest BCUT2D eigenvalue weighted by molar-refractivity contribution is 6.20. The largest absolute Gasteiger partial charge is 0.503 e. The minimum Gasteiger partial charge on any atom is -0.503 e. The summed E-state index contributed by atoms with van der Waals surface area (Å²) in [4.78, 5) is 30.7. The molecule has 0 aliphatic carbocycles. The van der Waals surface area contributed by atoms with E-state index in [1.807, 2.05) is 36.4 Å². The number of morpholine rings is 1. The molecule has 1 amide bonds. The van der Waals surface area contributed by atoms with Gasteiger partial charge in [-0.3, -0.25) is 14.5 Å². The Labute approximate surface area is 216 Å². The van der Waals surface area contributed by atoms with Crippen molar-refractivity contribution in [3.63, 3.8) is 0 Å². The molecule has 1 unspecified atom stereocenters. The fourth-order valence-electron chi connectivity index (χ4n) is 4.77. The Kier molecular flexibility index (Phi) is 6.76. The second-order valence-corrected chi connectivity index (χ2v) is 9.67. The summed E-state index contributed by atoms with van der Waals surface area (Å²) in [6, 6.07) is 17.6. The van der Waals surface area contributed by atoms with Crippen LogP contribution in [0.1, 0.15) is 53.0 Å². The molecule has 8 nitrogen and oxygen atoms in total. The van der Waals surface area contributed by atoms with Gasteiger partial charge >= 0.3 is 0 Å². The van der Waals surface area contributed by atoms with Gasteiger partial charge in [-0.2, -0.15) is 5.10 Å². The minimum absolute atomic E-state index is 0.0313. The van der Waals surface area contributed by atoms with Gasteiger partial charge in [0.1, 0.15) is 0 Å². The van der Waals surface area contributed by atoms with Crippen LogP contribution in [-0.4, -0.2) is 53.3 Å². The molecular formula is C29H30N4O4. The predicted octanol–water partition coefficient (Wildman–Crippen LogP) is 4.53. The molecule has 37 heavy (non-hydrogen) atoms. The maximum Gasteiger partial charge on any atom is 0.295 e. The highest BCUT2D eigenvalue weighted by atomic mass is 16.5. The fraction of sp³-hybridized carbons (Fsp3) is 0.310. The zero-order chi connectivity index (χ0) is 26.1. The van der Waals surface area contributed by atoms with Crippen molar-refractivity contribution in [2.24, 2.45) is 0 Å². The fourth-order valence-corrected chi connectivity index (χ4v) is 4.77. The standard InChI is InChI=1S/C29H30N4O4/c1-18(2)20-5-7-22(8-6-20)27(34)25-26(21-9-11-23(12-10-21)32-14-16-37-17-15-32)33(29(36)28(25)35)24-13-4-19(3)30-31-24/h4-13,18,26,35H,14-17H2,1-3H3. The first-order valence-corrected chi connectivity index (χ1v) is 12.5. The molecule has 3 heterocycles. The first-order chi connectivity index (χ1) is 17.8. The lowest BCUT2D eigenvalue weighted by Gasteiger charge is -2.30. The molecule has 0 radical (unpaired) electrons. The quantitative estimate of drug-likeness (QED) is 0.499. The summed E-state index contributed by atoms with van der Waals surface area (Å²) in [5.41, 5.74) is 3.96. The van der Waals surface area contributed by atoms with E-state index in [1.54, 1.807) is 31.2 Å². The van der Waals surface area contributed by atoms with E-state index in [0.717, 1.165) is 24.3 Å². The Morgan fingerprint density at radius 3 is 2.24 bits per heavy atom. The maximum absolute atomic E-state index is 13.8. The van der Waals surface area contributed by atoms with Gasteiger partial charge < -0.3 is 14.7 Å². The van der Waals surface area contributed by atoms with Crippen LogP contribution >= 0.6 is 0 Å². The minimum atomic E-state index is -0.847. The number of aromatic nitrogens is 2. The van der Waals surface area contributed by atoms with Crippen LogP contribution < -0.4 is 9.80 Å². The molecule has 1 aromatic heterocycles. The topological polar surface area (TPSA) is 95.9 Å². The number of amides is 1. The van der Waals surface area contributed by atoms with Crippen LogP contribution in [0.4, 0.5) is 11.5 Å². The van der Waals surface area contributed by atoms with E-state index >= 15 is 0 Å². The van der Waals surface area contributed by atoms with Crippen molar-refractivity contribution >= 4 is 23.2 Å². The average Bonchev–Trinajstić information content (AvgIpc) is 3.19. The van der Waals surface area contributed by atoms with E-state index in [-0.39, 0.29) is 11.4 Å². The first-order valence-electron chi connectivity index (χ1n) is 12.5. The van der Waals surface area contributed by atoms with Crippen LogP contribution in [-0.2, 0) is 9.53 Å². The van der Waals surface area contributed by atoms with Gasteiger partial charge in [0.15, 0.2) is 17.4 Å². The predicted molar refractivity (Wildman–Crippen MR) is 141 cm³/mol. The van der Waals surface area contributed by atoms with Crippen LogP contribution in [0.15, 0.2) is 72.0 Å². The molecule has 190 valence electrons.